The molecule has 2 aliphatic heterocycles. The van der Waals surface area contributed by atoms with Gasteiger partial charge in [-0.3, -0.25) is 4.79 Å². The average molecular weight is 464 g/mol. The maximum Gasteiger partial charge on any atom is 0.413 e. The second kappa shape index (κ2) is 8.23. The largest absolute Gasteiger partial charge is 0.413 e. The van der Waals surface area contributed by atoms with Crippen molar-refractivity contribution in [3.05, 3.63) is 50.8 Å². The van der Waals surface area contributed by atoms with Crippen molar-refractivity contribution < 1.29 is 14.3 Å². The minimum absolute atomic E-state index is 0.0292. The molecule has 8 heteroatoms. The number of nitrogens with zero attached hydrogens (tertiary/aromatic N) is 2. The van der Waals surface area contributed by atoms with E-state index in [4.69, 9.17) is 4.74 Å². The molecule has 0 spiro atoms. The second-order valence-electron chi connectivity index (χ2n) is 7.30. The monoisotopic (exact) mass is 463 g/mol. The van der Waals surface area contributed by atoms with Crippen LogP contribution >= 0.6 is 27.3 Å². The Kier molecular flexibility index (Phi) is 5.70. The highest BCUT2D eigenvalue weighted by Crippen LogP contribution is 2.28. The highest BCUT2D eigenvalue weighted by molar-refractivity contribution is 9.11. The number of hydrogen-bond acceptors (Lipinski definition) is 5. The third-order valence-corrected chi connectivity index (χ3v) is 6.70. The number of amides is 2. The summed E-state index contributed by atoms with van der Waals surface area (Å²) in [5.41, 5.74) is 3.30. The molecule has 2 amide bonds. The predicted octanol–water partition coefficient (Wildman–Crippen LogP) is 3.50. The molecule has 1 unspecified atom stereocenters. The number of fused-ring (bicyclic) bond motifs is 1. The second-order valence-corrected chi connectivity index (χ2v) is 9.73. The first-order valence-corrected chi connectivity index (χ1v) is 10.9. The molecule has 0 saturated carbocycles. The quantitative estimate of drug-likeness (QED) is 0.756. The van der Waals surface area contributed by atoms with Crippen LogP contribution in [-0.4, -0.2) is 54.5 Å². The summed E-state index contributed by atoms with van der Waals surface area (Å²) in [5, 5.41) is 3.40. The van der Waals surface area contributed by atoms with E-state index < -0.39 is 6.09 Å². The van der Waals surface area contributed by atoms with E-state index in [2.05, 4.69) is 39.3 Å². The maximum atomic E-state index is 12.9. The zero-order valence-electron chi connectivity index (χ0n) is 15.6. The molecular weight excluding hydrogens is 442 g/mol. The Hall–Kier alpha value is -1.90. The maximum absolute atomic E-state index is 12.9. The molecule has 1 aromatic carbocycles. The molecule has 1 atom stereocenters. The lowest BCUT2D eigenvalue weighted by molar-refractivity contribution is 0.0788. The molecule has 1 fully saturated rings. The molecule has 1 aromatic heterocycles. The number of halogens is 1. The molecule has 0 radical (unpaired) electrons. The van der Waals surface area contributed by atoms with Gasteiger partial charge in [0.1, 0.15) is 0 Å². The molecular formula is C20H22BrN3O3S. The lowest BCUT2D eigenvalue weighted by atomic mass is 9.97. The third-order valence-electron chi connectivity index (χ3n) is 5.20. The van der Waals surface area contributed by atoms with Gasteiger partial charge in [-0.25, -0.2) is 4.79 Å². The SMILES string of the molecule is CN1CCc2cc(C(=O)N3CCC(NC(=O)Oc4ccc(Br)s4)C3)ccc2C1. The van der Waals surface area contributed by atoms with Crippen LogP contribution in [-0.2, 0) is 13.0 Å². The van der Waals surface area contributed by atoms with Crippen molar-refractivity contribution in [1.82, 2.24) is 15.1 Å². The Balaban J connectivity index is 1.33. The smallest absolute Gasteiger partial charge is 0.399 e. The van der Waals surface area contributed by atoms with E-state index >= 15 is 0 Å². The number of carbonyl (C=O) groups excluding carboxylic acids is 2. The molecule has 0 aliphatic carbocycles. The minimum Gasteiger partial charge on any atom is -0.399 e. The molecule has 1 saturated heterocycles. The first kappa shape index (κ1) is 19.4. The van der Waals surface area contributed by atoms with Gasteiger partial charge in [-0.05, 0) is 71.2 Å². The van der Waals surface area contributed by atoms with E-state index in [-0.39, 0.29) is 11.9 Å². The van der Waals surface area contributed by atoms with Gasteiger partial charge < -0.3 is 19.9 Å². The Morgan fingerprint density at radius 3 is 2.86 bits per heavy atom. The fourth-order valence-corrected chi connectivity index (χ4v) is 4.90. The van der Waals surface area contributed by atoms with Crippen LogP contribution in [0.5, 0.6) is 5.06 Å². The summed E-state index contributed by atoms with van der Waals surface area (Å²) in [6.07, 6.45) is 1.22. The molecule has 28 heavy (non-hydrogen) atoms. The molecule has 4 rings (SSSR count). The summed E-state index contributed by atoms with van der Waals surface area (Å²) in [4.78, 5) is 29.0. The summed E-state index contributed by atoms with van der Waals surface area (Å²) < 4.78 is 6.19. The van der Waals surface area contributed by atoms with Crippen LogP contribution in [0.25, 0.3) is 0 Å². The number of rotatable bonds is 3. The predicted molar refractivity (Wildman–Crippen MR) is 112 cm³/mol. The van der Waals surface area contributed by atoms with Crippen LogP contribution in [0.4, 0.5) is 4.79 Å². The number of likely N-dealkylation sites (N-methyl/N-ethyl adjacent to an activating group) is 1. The number of hydrogen-bond donors (Lipinski definition) is 1. The number of nitrogens with one attached hydrogen (secondary N) is 1. The number of ether oxygens (including phenoxy) is 1. The van der Waals surface area contributed by atoms with Crippen LogP contribution < -0.4 is 10.1 Å². The van der Waals surface area contributed by atoms with E-state index in [1.54, 1.807) is 6.07 Å². The first-order valence-electron chi connectivity index (χ1n) is 9.31. The molecule has 2 aromatic rings. The molecule has 148 valence electrons. The normalized spacial score (nSPS) is 19.4. The molecule has 2 aliphatic rings. The lowest BCUT2D eigenvalue weighted by Crippen LogP contribution is -2.39. The van der Waals surface area contributed by atoms with Crippen molar-refractivity contribution in [1.29, 1.82) is 0 Å². The molecule has 3 heterocycles. The Bertz CT molecular complexity index is 901. The van der Waals surface area contributed by atoms with Crippen molar-refractivity contribution in [3.8, 4) is 5.06 Å². The van der Waals surface area contributed by atoms with E-state index in [0.29, 0.717) is 18.2 Å². The highest BCUT2D eigenvalue weighted by Gasteiger charge is 2.29. The Morgan fingerprint density at radius 1 is 1.21 bits per heavy atom. The van der Waals surface area contributed by atoms with Crippen LogP contribution in [0.1, 0.15) is 27.9 Å². The zero-order valence-corrected chi connectivity index (χ0v) is 18.0. The van der Waals surface area contributed by atoms with E-state index in [9.17, 15) is 9.59 Å². The number of benzene rings is 1. The lowest BCUT2D eigenvalue weighted by Gasteiger charge is -2.25. The number of thiophene rings is 1. The van der Waals surface area contributed by atoms with E-state index in [1.807, 2.05) is 23.1 Å². The zero-order chi connectivity index (χ0) is 19.7. The van der Waals surface area contributed by atoms with Gasteiger partial charge in [0, 0.05) is 31.7 Å². The summed E-state index contributed by atoms with van der Waals surface area (Å²) in [7, 11) is 2.11. The third kappa shape index (κ3) is 4.39. The average Bonchev–Trinajstić information content (AvgIpc) is 3.29. The number of carbonyl (C=O) groups is 2. The fraction of sp³-hybridized carbons (Fsp3) is 0.400. The van der Waals surface area contributed by atoms with Gasteiger partial charge in [0.05, 0.1) is 9.83 Å². The summed E-state index contributed by atoms with van der Waals surface area (Å²) in [5.74, 6) is 0.0292. The number of likely N-dealkylation sites (tertiary alicyclic amines) is 1. The van der Waals surface area contributed by atoms with Crippen molar-refractivity contribution in [3.63, 3.8) is 0 Å². The molecule has 0 bridgehead atoms. The van der Waals surface area contributed by atoms with Crippen LogP contribution in [0.15, 0.2) is 34.1 Å². The van der Waals surface area contributed by atoms with Crippen molar-refractivity contribution in [2.45, 2.75) is 25.4 Å². The topological polar surface area (TPSA) is 61.9 Å². The Morgan fingerprint density at radius 2 is 2.07 bits per heavy atom. The first-order chi connectivity index (χ1) is 13.5. The van der Waals surface area contributed by atoms with Crippen molar-refractivity contribution in [2.75, 3.05) is 26.7 Å². The van der Waals surface area contributed by atoms with Gasteiger partial charge in [0.15, 0.2) is 5.06 Å². The standard InChI is InChI=1S/C20H22BrN3O3S/c1-23-8-6-13-10-14(2-3-15(13)11-23)19(25)24-9-7-16(12-24)22-20(26)27-18-5-4-17(21)28-18/h2-5,10,16H,6-9,11-12H2,1H3,(H,22,26). The Labute approximate surface area is 176 Å². The van der Waals surface area contributed by atoms with Gasteiger partial charge in [-0.1, -0.05) is 17.4 Å². The van der Waals surface area contributed by atoms with Crippen LogP contribution in [0, 0.1) is 0 Å². The van der Waals surface area contributed by atoms with Crippen LogP contribution in [0.3, 0.4) is 0 Å². The van der Waals surface area contributed by atoms with Gasteiger partial charge in [-0.15, -0.1) is 0 Å². The fourth-order valence-electron chi connectivity index (χ4n) is 3.71. The van der Waals surface area contributed by atoms with E-state index in [1.165, 1.54) is 22.5 Å². The van der Waals surface area contributed by atoms with Gasteiger partial charge >= 0.3 is 6.09 Å². The summed E-state index contributed by atoms with van der Waals surface area (Å²) in [6.45, 7) is 3.09. The van der Waals surface area contributed by atoms with Gasteiger partial charge in [0.25, 0.3) is 5.91 Å². The van der Waals surface area contributed by atoms with Gasteiger partial charge in [0.2, 0.25) is 0 Å². The van der Waals surface area contributed by atoms with Crippen molar-refractivity contribution >= 4 is 39.3 Å². The summed E-state index contributed by atoms with van der Waals surface area (Å²) >= 11 is 4.70. The molecule has 6 nitrogen and oxygen atoms in total. The highest BCUT2D eigenvalue weighted by atomic mass is 79.9. The molecule has 1 N–H and O–H groups in total. The van der Waals surface area contributed by atoms with Crippen molar-refractivity contribution in [2.24, 2.45) is 0 Å². The van der Waals surface area contributed by atoms with Gasteiger partial charge in [-0.2, -0.15) is 0 Å². The van der Waals surface area contributed by atoms with E-state index in [0.717, 1.165) is 35.3 Å². The summed E-state index contributed by atoms with van der Waals surface area (Å²) in [6, 6.07) is 9.51. The minimum atomic E-state index is -0.480. The van der Waals surface area contributed by atoms with Crippen LogP contribution in [0.2, 0.25) is 0 Å².